The van der Waals surface area contributed by atoms with Crippen molar-refractivity contribution in [2.24, 2.45) is 5.73 Å². The van der Waals surface area contributed by atoms with Gasteiger partial charge in [-0.1, -0.05) is 0 Å². The van der Waals surface area contributed by atoms with Crippen molar-refractivity contribution in [1.29, 1.82) is 5.41 Å². The number of amidine groups is 1. The first-order valence-corrected chi connectivity index (χ1v) is 6.06. The number of sulfone groups is 1. The highest BCUT2D eigenvalue weighted by atomic mass is 32.2. The van der Waals surface area contributed by atoms with E-state index in [0.29, 0.717) is 19.5 Å². The number of nitrogens with one attached hydrogen (secondary N) is 1. The molecule has 0 saturated carbocycles. The molecule has 3 N–H and O–H groups in total. The topological polar surface area (TPSA) is 87.2 Å². The number of nitrogens with two attached hydrogens (primary N) is 1. The summed E-state index contributed by atoms with van der Waals surface area (Å²) < 4.78 is 21.6. The summed E-state index contributed by atoms with van der Waals surface area (Å²) in [6.45, 7) is 1.12. The van der Waals surface area contributed by atoms with Crippen molar-refractivity contribution in [2.45, 2.75) is 6.42 Å². The molecule has 0 radical (unpaired) electrons. The molecule has 0 aliphatic heterocycles. The minimum atomic E-state index is -2.88. The van der Waals surface area contributed by atoms with Crippen molar-refractivity contribution in [3.8, 4) is 0 Å². The maximum atomic E-state index is 10.8. The van der Waals surface area contributed by atoms with Crippen LogP contribution in [0.5, 0.6) is 0 Å². The monoisotopic (exact) mass is 207 g/mol. The molecule has 0 rings (SSSR count). The first-order chi connectivity index (χ1) is 5.81. The molecule has 0 unspecified atom stereocenters. The molecule has 0 heterocycles. The molecule has 5 nitrogen and oxygen atoms in total. The number of rotatable bonds is 6. The third-order valence-corrected chi connectivity index (χ3v) is 2.53. The summed E-state index contributed by atoms with van der Waals surface area (Å²) >= 11 is 0. The van der Waals surface area contributed by atoms with Crippen LogP contribution in [0, 0.1) is 5.41 Å². The normalized spacial score (nSPS) is 11.9. The summed E-state index contributed by atoms with van der Waals surface area (Å²) in [5.74, 6) is 0.285. The quantitative estimate of drug-likeness (QED) is 0.445. The van der Waals surface area contributed by atoms with E-state index < -0.39 is 9.84 Å². The summed E-state index contributed by atoms with van der Waals surface area (Å²) in [4.78, 5) is 1.85. The number of nitrogens with zero attached hydrogens (tertiary/aromatic N) is 1. The lowest BCUT2D eigenvalue weighted by Crippen LogP contribution is -2.28. The summed E-state index contributed by atoms with van der Waals surface area (Å²) in [5, 5.41) is 6.98. The van der Waals surface area contributed by atoms with Crippen LogP contribution in [0.3, 0.4) is 0 Å². The Kier molecular flexibility index (Phi) is 4.94. The fourth-order valence-electron chi connectivity index (χ4n) is 0.745. The molecule has 0 bridgehead atoms. The maximum Gasteiger partial charge on any atom is 0.148 e. The van der Waals surface area contributed by atoms with Gasteiger partial charge >= 0.3 is 0 Å². The average molecular weight is 207 g/mol. The lowest BCUT2D eigenvalue weighted by Gasteiger charge is -2.14. The highest BCUT2D eigenvalue weighted by molar-refractivity contribution is 7.90. The average Bonchev–Trinajstić information content (AvgIpc) is 1.95. The molecule has 0 aliphatic carbocycles. The Labute approximate surface area is 79.3 Å². The summed E-state index contributed by atoms with van der Waals surface area (Å²) in [6, 6.07) is 0. The maximum absolute atomic E-state index is 10.8. The Morgan fingerprint density at radius 3 is 2.38 bits per heavy atom. The van der Waals surface area contributed by atoms with Crippen LogP contribution in [0.2, 0.25) is 0 Å². The fourth-order valence-corrected chi connectivity index (χ4v) is 1.39. The zero-order valence-electron chi connectivity index (χ0n) is 8.08. The molecule has 6 heteroatoms. The molecular formula is C7H17N3O2S. The minimum Gasteiger partial charge on any atom is -0.388 e. The molecule has 0 fully saturated rings. The van der Waals surface area contributed by atoms with Gasteiger partial charge in [-0.15, -0.1) is 0 Å². The van der Waals surface area contributed by atoms with Gasteiger partial charge in [-0.25, -0.2) is 8.42 Å². The first kappa shape index (κ1) is 12.4. The van der Waals surface area contributed by atoms with E-state index in [-0.39, 0.29) is 11.6 Å². The first-order valence-electron chi connectivity index (χ1n) is 4.00. The van der Waals surface area contributed by atoms with Crippen LogP contribution in [0.15, 0.2) is 0 Å². The van der Waals surface area contributed by atoms with E-state index in [1.165, 1.54) is 6.26 Å². The zero-order valence-corrected chi connectivity index (χ0v) is 8.89. The van der Waals surface area contributed by atoms with Gasteiger partial charge in [0, 0.05) is 25.8 Å². The minimum absolute atomic E-state index is 0.131. The van der Waals surface area contributed by atoms with E-state index in [4.69, 9.17) is 11.1 Å². The second kappa shape index (κ2) is 5.18. The van der Waals surface area contributed by atoms with Gasteiger partial charge < -0.3 is 10.6 Å². The predicted molar refractivity (Wildman–Crippen MR) is 53.7 cm³/mol. The Morgan fingerprint density at radius 1 is 1.46 bits per heavy atom. The van der Waals surface area contributed by atoms with Crippen molar-refractivity contribution in [1.82, 2.24) is 4.90 Å². The van der Waals surface area contributed by atoms with Crippen LogP contribution in [-0.2, 0) is 9.84 Å². The Balaban J connectivity index is 3.64. The molecule has 0 aliphatic rings. The Bertz CT molecular complexity index is 261. The molecule has 0 saturated heterocycles. The van der Waals surface area contributed by atoms with E-state index in [0.717, 1.165) is 0 Å². The Hall–Kier alpha value is -0.620. The van der Waals surface area contributed by atoms with Crippen molar-refractivity contribution in [3.63, 3.8) is 0 Å². The highest BCUT2D eigenvalue weighted by Crippen LogP contribution is 1.89. The molecule has 0 amide bonds. The SMILES string of the molecule is CN(CCC(=N)N)CCS(C)(=O)=O. The van der Waals surface area contributed by atoms with E-state index in [1.54, 1.807) is 0 Å². The van der Waals surface area contributed by atoms with Gasteiger partial charge in [0.05, 0.1) is 11.6 Å². The molecule has 78 valence electrons. The molecule has 0 aromatic heterocycles. The lowest BCUT2D eigenvalue weighted by atomic mass is 10.4. The largest absolute Gasteiger partial charge is 0.388 e. The molecular weight excluding hydrogens is 190 g/mol. The van der Waals surface area contributed by atoms with Crippen molar-refractivity contribution < 1.29 is 8.42 Å². The smallest absolute Gasteiger partial charge is 0.148 e. The lowest BCUT2D eigenvalue weighted by molar-refractivity contribution is 0.364. The molecule has 0 aromatic rings. The van der Waals surface area contributed by atoms with Gasteiger partial charge in [0.25, 0.3) is 0 Å². The standard InChI is InChI=1S/C7H17N3O2S/c1-10(4-3-7(8)9)5-6-13(2,11)12/h3-6H2,1-2H3,(H3,8,9). The highest BCUT2D eigenvalue weighted by Gasteiger charge is 2.05. The fraction of sp³-hybridized carbons (Fsp3) is 0.857. The van der Waals surface area contributed by atoms with Crippen LogP contribution in [-0.4, -0.2) is 51.3 Å². The molecule has 0 atom stereocenters. The van der Waals surface area contributed by atoms with Gasteiger partial charge in [-0.3, -0.25) is 5.41 Å². The van der Waals surface area contributed by atoms with E-state index >= 15 is 0 Å². The number of hydrogen-bond acceptors (Lipinski definition) is 4. The summed E-state index contributed by atoms with van der Waals surface area (Å²) in [6.07, 6.45) is 1.70. The predicted octanol–water partition coefficient (Wildman–Crippen LogP) is -0.711. The van der Waals surface area contributed by atoms with Crippen LogP contribution >= 0.6 is 0 Å². The second-order valence-corrected chi connectivity index (χ2v) is 5.47. The van der Waals surface area contributed by atoms with Gasteiger partial charge in [0.1, 0.15) is 9.84 Å². The number of hydrogen-bond donors (Lipinski definition) is 2. The van der Waals surface area contributed by atoms with Gasteiger partial charge in [-0.05, 0) is 7.05 Å². The van der Waals surface area contributed by atoms with Crippen molar-refractivity contribution in [2.75, 3.05) is 32.1 Å². The molecule has 13 heavy (non-hydrogen) atoms. The van der Waals surface area contributed by atoms with Crippen LogP contribution in [0.4, 0.5) is 0 Å². The second-order valence-electron chi connectivity index (χ2n) is 3.21. The van der Waals surface area contributed by atoms with Crippen LogP contribution in [0.25, 0.3) is 0 Å². The molecule has 0 spiro atoms. The van der Waals surface area contributed by atoms with Crippen molar-refractivity contribution in [3.05, 3.63) is 0 Å². The zero-order chi connectivity index (χ0) is 10.5. The molecule has 0 aromatic carbocycles. The van der Waals surface area contributed by atoms with Gasteiger partial charge in [-0.2, -0.15) is 0 Å². The van der Waals surface area contributed by atoms with Crippen LogP contribution < -0.4 is 5.73 Å². The van der Waals surface area contributed by atoms with E-state index in [1.807, 2.05) is 11.9 Å². The third kappa shape index (κ3) is 9.29. The van der Waals surface area contributed by atoms with Gasteiger partial charge in [0.2, 0.25) is 0 Å². The summed E-state index contributed by atoms with van der Waals surface area (Å²) in [7, 11) is -1.07. The summed E-state index contributed by atoms with van der Waals surface area (Å²) in [5.41, 5.74) is 5.16. The van der Waals surface area contributed by atoms with E-state index in [2.05, 4.69) is 0 Å². The Morgan fingerprint density at radius 2 is 2.00 bits per heavy atom. The third-order valence-electron chi connectivity index (χ3n) is 1.61. The van der Waals surface area contributed by atoms with Crippen molar-refractivity contribution >= 4 is 15.7 Å². The van der Waals surface area contributed by atoms with Crippen LogP contribution in [0.1, 0.15) is 6.42 Å². The van der Waals surface area contributed by atoms with E-state index in [9.17, 15) is 8.42 Å². The van der Waals surface area contributed by atoms with Gasteiger partial charge in [0.15, 0.2) is 0 Å².